The lowest BCUT2D eigenvalue weighted by Crippen LogP contribution is -2.34. The van der Waals surface area contributed by atoms with Crippen molar-refractivity contribution in [3.05, 3.63) is 96.6 Å². The van der Waals surface area contributed by atoms with E-state index >= 15 is 0 Å². The summed E-state index contributed by atoms with van der Waals surface area (Å²) < 4.78 is 0. The molecule has 0 aromatic heterocycles. The molecule has 6 nitrogen and oxygen atoms in total. The van der Waals surface area contributed by atoms with Gasteiger partial charge in [-0.05, 0) is 36.8 Å². The topological polar surface area (TPSA) is 19.4 Å². The summed E-state index contributed by atoms with van der Waals surface area (Å²) in [5, 5.41) is 0. The van der Waals surface area contributed by atoms with Crippen LogP contribution in [0.15, 0.2) is 85.5 Å². The van der Waals surface area contributed by atoms with E-state index in [2.05, 4.69) is 115 Å². The number of nitrogens with zero attached hydrogens (tertiary/aromatic N) is 6. The Hall–Kier alpha value is -2.96. The minimum atomic E-state index is 1.03. The fourth-order valence-electron chi connectivity index (χ4n) is 5.83. The van der Waals surface area contributed by atoms with E-state index in [1.54, 1.807) is 0 Å². The van der Waals surface area contributed by atoms with E-state index in [0.29, 0.717) is 0 Å². The molecule has 0 atom stereocenters. The van der Waals surface area contributed by atoms with Crippen LogP contribution in [0.3, 0.4) is 0 Å². The molecule has 0 N–H and O–H groups in total. The lowest BCUT2D eigenvalue weighted by molar-refractivity contribution is 0.193. The molecule has 1 saturated heterocycles. The van der Waals surface area contributed by atoms with Crippen molar-refractivity contribution in [2.24, 2.45) is 0 Å². The van der Waals surface area contributed by atoms with E-state index in [4.69, 9.17) is 0 Å². The first kappa shape index (κ1) is 26.6. The summed E-state index contributed by atoms with van der Waals surface area (Å²) in [6.07, 6.45) is 14.0. The van der Waals surface area contributed by atoms with Gasteiger partial charge in [-0.15, -0.1) is 0 Å². The number of fused-ring (bicyclic) bond motifs is 4. The van der Waals surface area contributed by atoms with E-state index in [1.807, 2.05) is 0 Å². The summed E-state index contributed by atoms with van der Waals surface area (Å²) in [4.78, 5) is 15.3. The summed E-state index contributed by atoms with van der Waals surface area (Å²) in [5.74, 6) is 0. The summed E-state index contributed by atoms with van der Waals surface area (Å²) in [5.41, 5.74) is 2.84. The lowest BCUT2D eigenvalue weighted by Gasteiger charge is -2.28. The highest BCUT2D eigenvalue weighted by Gasteiger charge is 2.16. The number of rotatable bonds is 4. The molecule has 5 rings (SSSR count). The highest BCUT2D eigenvalue weighted by atomic mass is 15.3. The summed E-state index contributed by atoms with van der Waals surface area (Å²) in [7, 11) is 0. The summed E-state index contributed by atoms with van der Waals surface area (Å²) >= 11 is 0. The van der Waals surface area contributed by atoms with Crippen LogP contribution in [0, 0.1) is 0 Å². The maximum absolute atomic E-state index is 2.66. The maximum Gasteiger partial charge on any atom is 0.0893 e. The van der Waals surface area contributed by atoms with Crippen LogP contribution in [-0.2, 0) is 13.1 Å². The molecular formula is C32H46N6. The molecule has 0 aliphatic carbocycles. The number of benzene rings is 2. The molecule has 0 spiro atoms. The fraction of sp³-hybridized carbons (Fsp3) is 0.500. The SMILES string of the molecule is C1=CN2CCCN(Cc3ccccc3)CCCN3C=CN(CCCN(Cc4ccccc4)CCCN1C2)C3. The molecule has 3 aliphatic rings. The Morgan fingerprint density at radius 1 is 0.395 bits per heavy atom. The van der Waals surface area contributed by atoms with E-state index in [0.717, 1.165) is 78.8 Å². The van der Waals surface area contributed by atoms with Crippen molar-refractivity contribution in [3.8, 4) is 0 Å². The second kappa shape index (κ2) is 14.3. The van der Waals surface area contributed by atoms with Crippen molar-refractivity contribution in [1.29, 1.82) is 0 Å². The number of hydrogen-bond acceptors (Lipinski definition) is 6. The van der Waals surface area contributed by atoms with Gasteiger partial charge >= 0.3 is 0 Å². The highest BCUT2D eigenvalue weighted by molar-refractivity contribution is 5.15. The molecule has 3 aliphatic heterocycles. The van der Waals surface area contributed by atoms with Gasteiger partial charge in [-0.1, -0.05) is 60.7 Å². The zero-order valence-corrected chi connectivity index (χ0v) is 23.1. The smallest absolute Gasteiger partial charge is 0.0893 e. The fourth-order valence-corrected chi connectivity index (χ4v) is 5.83. The molecule has 0 unspecified atom stereocenters. The summed E-state index contributed by atoms with van der Waals surface area (Å²) in [6.45, 7) is 13.3. The van der Waals surface area contributed by atoms with Crippen LogP contribution in [0.1, 0.15) is 36.8 Å². The largest absolute Gasteiger partial charge is 0.359 e. The van der Waals surface area contributed by atoms with Crippen LogP contribution < -0.4 is 0 Å². The van der Waals surface area contributed by atoms with Crippen molar-refractivity contribution in [3.63, 3.8) is 0 Å². The first-order valence-electron chi connectivity index (χ1n) is 14.7. The minimum Gasteiger partial charge on any atom is -0.359 e. The lowest BCUT2D eigenvalue weighted by atomic mass is 10.2. The first-order valence-corrected chi connectivity index (χ1v) is 14.7. The molecule has 2 aromatic carbocycles. The van der Waals surface area contributed by atoms with Gasteiger partial charge in [0.15, 0.2) is 0 Å². The molecule has 3 heterocycles. The maximum atomic E-state index is 2.66. The second-order valence-corrected chi connectivity index (χ2v) is 11.1. The Bertz CT molecular complexity index is 876. The Labute approximate surface area is 230 Å². The molecule has 0 radical (unpaired) electrons. The van der Waals surface area contributed by atoms with Gasteiger partial charge < -0.3 is 19.6 Å². The van der Waals surface area contributed by atoms with Crippen molar-refractivity contribution in [2.75, 3.05) is 65.7 Å². The monoisotopic (exact) mass is 514 g/mol. The summed E-state index contributed by atoms with van der Waals surface area (Å²) in [6, 6.07) is 21.9. The van der Waals surface area contributed by atoms with Crippen molar-refractivity contribution < 1.29 is 0 Å². The average Bonchev–Trinajstić information content (AvgIpc) is 3.59. The van der Waals surface area contributed by atoms with Crippen LogP contribution in [0.5, 0.6) is 0 Å². The van der Waals surface area contributed by atoms with Crippen molar-refractivity contribution in [1.82, 2.24) is 29.4 Å². The van der Waals surface area contributed by atoms with Crippen LogP contribution in [0.4, 0.5) is 0 Å². The zero-order chi connectivity index (χ0) is 25.8. The predicted molar refractivity (Wildman–Crippen MR) is 157 cm³/mol. The van der Waals surface area contributed by atoms with Gasteiger partial charge in [0, 0.05) is 90.2 Å². The van der Waals surface area contributed by atoms with Crippen molar-refractivity contribution >= 4 is 0 Å². The van der Waals surface area contributed by atoms with Crippen LogP contribution in [-0.4, -0.2) is 95.1 Å². The van der Waals surface area contributed by atoms with Gasteiger partial charge in [-0.2, -0.15) is 0 Å². The number of hydrogen-bond donors (Lipinski definition) is 0. The Kier molecular flexibility index (Phi) is 10.00. The second-order valence-electron chi connectivity index (χ2n) is 11.1. The molecule has 1 fully saturated rings. The third-order valence-electron chi connectivity index (χ3n) is 7.88. The normalized spacial score (nSPS) is 20.8. The third kappa shape index (κ3) is 8.53. The standard InChI is InChI=1S/C32H46N6/c1-3-11-31(12-4-1)27-33-15-7-19-35-23-25-37(29-35)21-9-17-34(28-32-13-5-2-6-14-32)18-10-22-38-26-24-36(30-38)20-8-16-33/h1-6,11-14,23-26H,7-10,15-22,27-30H2. The average molecular weight is 515 g/mol. The molecule has 2 aromatic rings. The van der Waals surface area contributed by atoms with E-state index in [9.17, 15) is 0 Å². The quantitative estimate of drug-likeness (QED) is 0.587. The van der Waals surface area contributed by atoms with Gasteiger partial charge in [-0.3, -0.25) is 9.80 Å². The van der Waals surface area contributed by atoms with Gasteiger partial charge in [-0.25, -0.2) is 0 Å². The minimum absolute atomic E-state index is 1.03. The molecule has 6 heteroatoms. The Balaban J connectivity index is 1.17. The highest BCUT2D eigenvalue weighted by Crippen LogP contribution is 2.14. The molecular weight excluding hydrogens is 468 g/mol. The van der Waals surface area contributed by atoms with E-state index < -0.39 is 0 Å². The van der Waals surface area contributed by atoms with Crippen LogP contribution >= 0.6 is 0 Å². The molecule has 0 amide bonds. The van der Waals surface area contributed by atoms with E-state index in [1.165, 1.54) is 36.8 Å². The molecule has 0 saturated carbocycles. The first-order chi connectivity index (χ1) is 18.8. The van der Waals surface area contributed by atoms with Gasteiger partial charge in [0.2, 0.25) is 0 Å². The van der Waals surface area contributed by atoms with Crippen LogP contribution in [0.25, 0.3) is 0 Å². The molecule has 38 heavy (non-hydrogen) atoms. The van der Waals surface area contributed by atoms with Gasteiger partial charge in [0.25, 0.3) is 0 Å². The van der Waals surface area contributed by atoms with Crippen LogP contribution in [0.2, 0.25) is 0 Å². The van der Waals surface area contributed by atoms with E-state index in [-0.39, 0.29) is 0 Å². The van der Waals surface area contributed by atoms with Gasteiger partial charge in [0.1, 0.15) is 0 Å². The molecule has 4 bridgehead atoms. The Morgan fingerprint density at radius 3 is 1.03 bits per heavy atom. The predicted octanol–water partition coefficient (Wildman–Crippen LogP) is 4.66. The Morgan fingerprint density at radius 2 is 0.711 bits per heavy atom. The zero-order valence-electron chi connectivity index (χ0n) is 23.1. The van der Waals surface area contributed by atoms with Crippen molar-refractivity contribution in [2.45, 2.75) is 38.8 Å². The third-order valence-corrected chi connectivity index (χ3v) is 7.88. The van der Waals surface area contributed by atoms with Gasteiger partial charge in [0.05, 0.1) is 13.3 Å². The molecule has 204 valence electrons.